The van der Waals surface area contributed by atoms with Crippen LogP contribution >= 0.6 is 11.6 Å². The molecule has 1 fully saturated rings. The monoisotopic (exact) mass is 373 g/mol. The number of carbonyl (C=O) groups is 1. The lowest BCUT2D eigenvalue weighted by Gasteiger charge is -2.24. The van der Waals surface area contributed by atoms with Crippen LogP contribution in [0.2, 0.25) is 5.02 Å². The lowest BCUT2D eigenvalue weighted by molar-refractivity contribution is -0.128. The Morgan fingerprint density at radius 2 is 2.00 bits per heavy atom. The van der Waals surface area contributed by atoms with Crippen LogP contribution in [0.3, 0.4) is 0 Å². The fourth-order valence-corrected chi connectivity index (χ4v) is 3.15. The molecule has 0 spiro atoms. The Balaban J connectivity index is 1.73. The van der Waals surface area contributed by atoms with Gasteiger partial charge in [-0.15, -0.1) is 0 Å². The predicted octanol–water partition coefficient (Wildman–Crippen LogP) is 4.70. The molecule has 3 nitrogen and oxygen atoms in total. The van der Waals surface area contributed by atoms with Crippen LogP contribution in [0, 0.1) is 5.82 Å². The second-order valence-electron chi connectivity index (χ2n) is 6.34. The maximum atomic E-state index is 13.1. The molecule has 0 aliphatic carbocycles. The molecular weight excluding hydrogens is 353 g/mol. The molecule has 1 aliphatic heterocycles. The summed E-state index contributed by atoms with van der Waals surface area (Å²) in [6, 6.07) is 13.6. The third kappa shape index (κ3) is 5.16. The van der Waals surface area contributed by atoms with E-state index in [4.69, 9.17) is 16.3 Å². The van der Waals surface area contributed by atoms with Crippen LogP contribution in [0.4, 0.5) is 4.39 Å². The normalized spacial score (nSPS) is 16.9. The molecule has 136 valence electrons. The van der Waals surface area contributed by atoms with Crippen molar-refractivity contribution in [2.45, 2.75) is 25.5 Å². The van der Waals surface area contributed by atoms with Gasteiger partial charge in [-0.2, -0.15) is 0 Å². The Hall–Kier alpha value is -2.17. The van der Waals surface area contributed by atoms with Crippen molar-refractivity contribution in [1.29, 1.82) is 0 Å². The van der Waals surface area contributed by atoms with E-state index in [-0.39, 0.29) is 17.8 Å². The summed E-state index contributed by atoms with van der Waals surface area (Å²) >= 11 is 6.14. The molecule has 2 aromatic carbocycles. The van der Waals surface area contributed by atoms with Gasteiger partial charge in [-0.1, -0.05) is 41.9 Å². The Labute approximate surface area is 158 Å². The first-order valence-corrected chi connectivity index (χ1v) is 9.07. The lowest BCUT2D eigenvalue weighted by Crippen LogP contribution is -2.35. The summed E-state index contributed by atoms with van der Waals surface area (Å²) in [5.74, 6) is -0.408. The standard InChI is InChI=1S/C21H21ClFNO2/c22-20-6-2-1-4-17(20)9-12-21(25)24(15-19-5-3-13-26-19)14-16-7-10-18(23)11-8-16/h1-2,4,6-12,19H,3,5,13-15H2/b12-9+. The zero-order chi connectivity index (χ0) is 18.4. The fraction of sp³-hybridized carbons (Fsp3) is 0.286. The maximum Gasteiger partial charge on any atom is 0.246 e. The van der Waals surface area contributed by atoms with Gasteiger partial charge in [0.15, 0.2) is 0 Å². The third-order valence-corrected chi connectivity index (χ3v) is 4.70. The van der Waals surface area contributed by atoms with Crippen molar-refractivity contribution in [1.82, 2.24) is 4.90 Å². The van der Waals surface area contributed by atoms with Crippen molar-refractivity contribution in [3.63, 3.8) is 0 Å². The molecular formula is C21H21ClFNO2. The first-order chi connectivity index (χ1) is 12.6. The van der Waals surface area contributed by atoms with Gasteiger partial charge in [0.2, 0.25) is 5.91 Å². The molecule has 2 aromatic rings. The zero-order valence-electron chi connectivity index (χ0n) is 14.4. The molecule has 1 atom stereocenters. The Bertz CT molecular complexity index is 770. The molecule has 0 bridgehead atoms. The summed E-state index contributed by atoms with van der Waals surface area (Å²) in [5, 5.41) is 0.598. The maximum absolute atomic E-state index is 13.1. The fourth-order valence-electron chi connectivity index (χ4n) is 2.95. The van der Waals surface area contributed by atoms with E-state index < -0.39 is 0 Å². The van der Waals surface area contributed by atoms with Gasteiger partial charge in [0, 0.05) is 30.8 Å². The number of hydrogen-bond donors (Lipinski definition) is 0. The summed E-state index contributed by atoms with van der Waals surface area (Å²) in [6.07, 6.45) is 5.26. The molecule has 0 saturated carbocycles. The van der Waals surface area contributed by atoms with E-state index >= 15 is 0 Å². The summed E-state index contributed by atoms with van der Waals surface area (Å²) < 4.78 is 18.8. The average Bonchev–Trinajstić information content (AvgIpc) is 3.15. The van der Waals surface area contributed by atoms with Crippen LogP contribution in [0.25, 0.3) is 6.08 Å². The smallest absolute Gasteiger partial charge is 0.246 e. The number of hydrogen-bond acceptors (Lipinski definition) is 2. The summed E-state index contributed by atoms with van der Waals surface area (Å²) in [7, 11) is 0. The minimum Gasteiger partial charge on any atom is -0.376 e. The average molecular weight is 374 g/mol. The number of nitrogens with zero attached hydrogens (tertiary/aromatic N) is 1. The number of amides is 1. The quantitative estimate of drug-likeness (QED) is 0.687. The lowest BCUT2D eigenvalue weighted by atomic mass is 10.1. The number of benzene rings is 2. The van der Waals surface area contributed by atoms with Crippen molar-refractivity contribution in [3.8, 4) is 0 Å². The van der Waals surface area contributed by atoms with Gasteiger partial charge in [-0.25, -0.2) is 4.39 Å². The zero-order valence-corrected chi connectivity index (χ0v) is 15.2. The summed E-state index contributed by atoms with van der Waals surface area (Å²) in [6.45, 7) is 1.66. The third-order valence-electron chi connectivity index (χ3n) is 4.36. The van der Waals surface area contributed by atoms with Crippen LogP contribution in [0.5, 0.6) is 0 Å². The Morgan fingerprint density at radius 3 is 2.69 bits per heavy atom. The minimum absolute atomic E-state index is 0.0492. The van der Waals surface area contributed by atoms with Crippen molar-refractivity contribution in [3.05, 3.63) is 76.6 Å². The first-order valence-electron chi connectivity index (χ1n) is 8.69. The van der Waals surface area contributed by atoms with Gasteiger partial charge < -0.3 is 9.64 Å². The van der Waals surface area contributed by atoms with E-state index in [2.05, 4.69) is 0 Å². The molecule has 26 heavy (non-hydrogen) atoms. The molecule has 1 aliphatic rings. The number of halogens is 2. The second kappa shape index (κ2) is 8.97. The second-order valence-corrected chi connectivity index (χ2v) is 6.74. The molecule has 1 heterocycles. The van der Waals surface area contributed by atoms with Gasteiger partial charge in [0.1, 0.15) is 5.82 Å². The summed E-state index contributed by atoms with van der Waals surface area (Å²) in [5.41, 5.74) is 1.67. The molecule has 0 radical (unpaired) electrons. The van der Waals surface area contributed by atoms with Crippen molar-refractivity contribution in [2.24, 2.45) is 0 Å². The SMILES string of the molecule is O=C(/C=C/c1ccccc1Cl)N(Cc1ccc(F)cc1)CC1CCCO1. The number of rotatable bonds is 6. The largest absolute Gasteiger partial charge is 0.376 e. The van der Waals surface area contributed by atoms with Crippen LogP contribution < -0.4 is 0 Å². The number of ether oxygens (including phenoxy) is 1. The van der Waals surface area contributed by atoms with Gasteiger partial charge in [-0.3, -0.25) is 4.79 Å². The van der Waals surface area contributed by atoms with Crippen LogP contribution in [0.15, 0.2) is 54.6 Å². The molecule has 0 aromatic heterocycles. The first kappa shape index (κ1) is 18.6. The molecule has 1 saturated heterocycles. The van der Waals surface area contributed by atoms with Gasteiger partial charge in [0.05, 0.1) is 6.10 Å². The van der Waals surface area contributed by atoms with Crippen LogP contribution in [-0.4, -0.2) is 30.1 Å². The Kier molecular flexibility index (Phi) is 6.42. The highest BCUT2D eigenvalue weighted by molar-refractivity contribution is 6.32. The van der Waals surface area contributed by atoms with E-state index in [1.54, 1.807) is 29.2 Å². The number of carbonyl (C=O) groups excluding carboxylic acids is 1. The topological polar surface area (TPSA) is 29.5 Å². The van der Waals surface area contributed by atoms with Crippen LogP contribution in [-0.2, 0) is 16.1 Å². The Morgan fingerprint density at radius 1 is 1.23 bits per heavy atom. The molecule has 5 heteroatoms. The molecule has 3 rings (SSSR count). The minimum atomic E-state index is -0.288. The predicted molar refractivity (Wildman–Crippen MR) is 101 cm³/mol. The van der Waals surface area contributed by atoms with E-state index in [0.29, 0.717) is 18.1 Å². The molecule has 1 amide bonds. The van der Waals surface area contributed by atoms with Gasteiger partial charge in [0.25, 0.3) is 0 Å². The van der Waals surface area contributed by atoms with Gasteiger partial charge in [-0.05, 0) is 48.2 Å². The highest BCUT2D eigenvalue weighted by atomic mass is 35.5. The van der Waals surface area contributed by atoms with E-state index in [0.717, 1.165) is 30.6 Å². The highest BCUT2D eigenvalue weighted by Gasteiger charge is 2.21. The van der Waals surface area contributed by atoms with Crippen molar-refractivity contribution in [2.75, 3.05) is 13.2 Å². The van der Waals surface area contributed by atoms with E-state index in [9.17, 15) is 9.18 Å². The van der Waals surface area contributed by atoms with Gasteiger partial charge >= 0.3 is 0 Å². The van der Waals surface area contributed by atoms with E-state index in [1.165, 1.54) is 18.2 Å². The molecule has 1 unspecified atom stereocenters. The van der Waals surface area contributed by atoms with E-state index in [1.807, 2.05) is 18.2 Å². The highest BCUT2D eigenvalue weighted by Crippen LogP contribution is 2.18. The summed E-state index contributed by atoms with van der Waals surface area (Å²) in [4.78, 5) is 14.5. The molecule has 0 N–H and O–H groups in total. The van der Waals surface area contributed by atoms with Crippen LogP contribution in [0.1, 0.15) is 24.0 Å². The van der Waals surface area contributed by atoms with Crippen molar-refractivity contribution >= 4 is 23.6 Å². The van der Waals surface area contributed by atoms with Crippen molar-refractivity contribution < 1.29 is 13.9 Å².